The van der Waals surface area contributed by atoms with E-state index >= 15 is 0 Å². The second kappa shape index (κ2) is 4.93. The number of hydrogen-bond donors (Lipinski definition) is 1. The van der Waals surface area contributed by atoms with Crippen molar-refractivity contribution >= 4 is 5.57 Å². The van der Waals surface area contributed by atoms with E-state index in [0.29, 0.717) is 13.1 Å². The minimum Gasteiger partial charge on any atom is -0.326 e. The summed E-state index contributed by atoms with van der Waals surface area (Å²) < 4.78 is 1.86. The summed E-state index contributed by atoms with van der Waals surface area (Å²) in [5.74, 6) is 0. The van der Waals surface area contributed by atoms with E-state index in [1.54, 1.807) is 6.20 Å². The van der Waals surface area contributed by atoms with Gasteiger partial charge in [-0.2, -0.15) is 5.10 Å². The topological polar surface area (TPSA) is 56.7 Å². The summed E-state index contributed by atoms with van der Waals surface area (Å²) in [6.07, 6.45) is 5.59. The first-order valence-electron chi connectivity index (χ1n) is 5.51. The highest BCUT2D eigenvalue weighted by atomic mass is 15.3. The summed E-state index contributed by atoms with van der Waals surface area (Å²) in [5.41, 5.74) is 9.59. The highest BCUT2D eigenvalue weighted by Crippen LogP contribution is 2.09. The lowest BCUT2D eigenvalue weighted by Gasteiger charge is -2.03. The lowest BCUT2D eigenvalue weighted by molar-refractivity contribution is 0.684. The zero-order chi connectivity index (χ0) is 12.3. The molecule has 0 aliphatic carbocycles. The van der Waals surface area contributed by atoms with E-state index < -0.39 is 0 Å². The van der Waals surface area contributed by atoms with E-state index in [2.05, 4.69) is 16.7 Å². The number of aromatic nitrogens is 3. The number of nitrogens with zero attached hydrogens (tertiary/aromatic N) is 3. The van der Waals surface area contributed by atoms with Gasteiger partial charge in [0.1, 0.15) is 0 Å². The average molecular weight is 228 g/mol. The molecule has 4 nitrogen and oxygen atoms in total. The van der Waals surface area contributed by atoms with Gasteiger partial charge in [0.05, 0.1) is 18.4 Å². The second-order valence-electron chi connectivity index (χ2n) is 4.08. The largest absolute Gasteiger partial charge is 0.326 e. The molecule has 2 N–H and O–H groups in total. The average Bonchev–Trinajstić information content (AvgIpc) is 2.77. The van der Waals surface area contributed by atoms with Crippen molar-refractivity contribution in [3.8, 4) is 0 Å². The van der Waals surface area contributed by atoms with Gasteiger partial charge < -0.3 is 5.73 Å². The van der Waals surface area contributed by atoms with Gasteiger partial charge in [0.15, 0.2) is 0 Å². The van der Waals surface area contributed by atoms with Crippen LogP contribution in [0.1, 0.15) is 23.7 Å². The minimum absolute atomic E-state index is 0.521. The van der Waals surface area contributed by atoms with Gasteiger partial charge in [-0.3, -0.25) is 9.67 Å². The normalized spacial score (nSPS) is 10.5. The van der Waals surface area contributed by atoms with Gasteiger partial charge >= 0.3 is 0 Å². The lowest BCUT2D eigenvalue weighted by Crippen LogP contribution is -2.01. The van der Waals surface area contributed by atoms with Crippen molar-refractivity contribution in [1.82, 2.24) is 14.8 Å². The lowest BCUT2D eigenvalue weighted by atomic mass is 10.2. The molecule has 0 atom stereocenters. The van der Waals surface area contributed by atoms with Gasteiger partial charge in [-0.15, -0.1) is 0 Å². The van der Waals surface area contributed by atoms with E-state index in [1.807, 2.05) is 36.1 Å². The third kappa shape index (κ3) is 2.79. The van der Waals surface area contributed by atoms with Gasteiger partial charge in [0.25, 0.3) is 0 Å². The van der Waals surface area contributed by atoms with Crippen LogP contribution >= 0.6 is 0 Å². The summed E-state index contributed by atoms with van der Waals surface area (Å²) in [7, 11) is 0. The summed E-state index contributed by atoms with van der Waals surface area (Å²) in [6, 6.07) is 4.02. The molecule has 0 amide bonds. The molecule has 2 aromatic heterocycles. The van der Waals surface area contributed by atoms with Crippen molar-refractivity contribution in [2.45, 2.75) is 20.0 Å². The van der Waals surface area contributed by atoms with E-state index in [0.717, 1.165) is 22.4 Å². The molecule has 0 spiro atoms. The first-order valence-corrected chi connectivity index (χ1v) is 5.51. The van der Waals surface area contributed by atoms with Gasteiger partial charge in [0, 0.05) is 24.5 Å². The Morgan fingerprint density at radius 2 is 2.18 bits per heavy atom. The molecule has 0 aliphatic rings. The van der Waals surface area contributed by atoms with Gasteiger partial charge in [-0.05, 0) is 24.1 Å². The second-order valence-corrected chi connectivity index (χ2v) is 4.08. The maximum absolute atomic E-state index is 5.53. The molecule has 0 fully saturated rings. The van der Waals surface area contributed by atoms with Crippen molar-refractivity contribution in [3.63, 3.8) is 0 Å². The molecule has 0 unspecified atom stereocenters. The van der Waals surface area contributed by atoms with Crippen molar-refractivity contribution in [1.29, 1.82) is 0 Å². The maximum atomic E-state index is 5.53. The molecule has 2 heterocycles. The Labute approximate surface area is 101 Å². The van der Waals surface area contributed by atoms with Crippen LogP contribution in [0.25, 0.3) is 5.57 Å². The Kier molecular flexibility index (Phi) is 3.35. The molecule has 2 rings (SSSR count). The molecule has 0 radical (unpaired) electrons. The van der Waals surface area contributed by atoms with Gasteiger partial charge in [0.2, 0.25) is 0 Å². The molecule has 88 valence electrons. The number of hydrogen-bond acceptors (Lipinski definition) is 3. The highest BCUT2D eigenvalue weighted by Gasteiger charge is 2.00. The molecule has 0 saturated heterocycles. The van der Waals surface area contributed by atoms with Crippen LogP contribution in [0.15, 0.2) is 37.3 Å². The summed E-state index contributed by atoms with van der Waals surface area (Å²) >= 11 is 0. The number of allylic oxidation sites excluding steroid dienone is 1. The Balaban J connectivity index is 2.10. The van der Waals surface area contributed by atoms with Crippen LogP contribution in [0.4, 0.5) is 0 Å². The molecule has 0 aliphatic heterocycles. The molecule has 17 heavy (non-hydrogen) atoms. The smallest absolute Gasteiger partial charge is 0.0674 e. The Morgan fingerprint density at radius 3 is 2.71 bits per heavy atom. The minimum atomic E-state index is 0.521. The molecule has 0 bridgehead atoms. The van der Waals surface area contributed by atoms with Gasteiger partial charge in [-0.1, -0.05) is 12.6 Å². The quantitative estimate of drug-likeness (QED) is 0.868. The fourth-order valence-electron chi connectivity index (χ4n) is 1.56. The predicted octanol–water partition coefficient (Wildman–Crippen LogP) is 1.82. The fraction of sp³-hybridized carbons (Fsp3) is 0.231. The monoisotopic (exact) mass is 228 g/mol. The Hall–Kier alpha value is -1.94. The first-order chi connectivity index (χ1) is 8.19. The third-order valence-corrected chi connectivity index (χ3v) is 2.53. The Morgan fingerprint density at radius 1 is 1.35 bits per heavy atom. The summed E-state index contributed by atoms with van der Waals surface area (Å²) in [4.78, 5) is 4.34. The van der Waals surface area contributed by atoms with Crippen LogP contribution < -0.4 is 5.73 Å². The van der Waals surface area contributed by atoms with E-state index in [4.69, 9.17) is 5.73 Å². The van der Waals surface area contributed by atoms with E-state index in [9.17, 15) is 0 Å². The molecular weight excluding hydrogens is 212 g/mol. The van der Waals surface area contributed by atoms with Crippen LogP contribution in [-0.2, 0) is 13.1 Å². The molecule has 4 heteroatoms. The van der Waals surface area contributed by atoms with E-state index in [1.165, 1.54) is 0 Å². The van der Waals surface area contributed by atoms with E-state index in [-0.39, 0.29) is 0 Å². The molecule has 2 aromatic rings. The molecule has 0 aromatic carbocycles. The molecular formula is C13H16N4. The van der Waals surface area contributed by atoms with Crippen molar-refractivity contribution < 1.29 is 0 Å². The van der Waals surface area contributed by atoms with Crippen LogP contribution in [0.5, 0.6) is 0 Å². The van der Waals surface area contributed by atoms with Gasteiger partial charge in [-0.25, -0.2) is 0 Å². The van der Waals surface area contributed by atoms with Crippen LogP contribution in [-0.4, -0.2) is 14.8 Å². The Bertz CT molecular complexity index is 510. The molecule has 0 saturated carbocycles. The maximum Gasteiger partial charge on any atom is 0.0674 e. The standard InChI is InChI=1S/C13H16N4/c1-10(2)13-4-3-11(6-15-13)8-17-9-12(5-14)7-16-17/h3-4,6-7,9H,1,5,8,14H2,2H3. The third-order valence-electron chi connectivity index (χ3n) is 2.53. The number of rotatable bonds is 4. The van der Waals surface area contributed by atoms with Crippen molar-refractivity contribution in [3.05, 3.63) is 54.1 Å². The van der Waals surface area contributed by atoms with Crippen LogP contribution in [0.2, 0.25) is 0 Å². The number of nitrogens with two attached hydrogens (primary N) is 1. The van der Waals surface area contributed by atoms with Crippen molar-refractivity contribution in [2.75, 3.05) is 0 Å². The zero-order valence-electron chi connectivity index (χ0n) is 9.93. The van der Waals surface area contributed by atoms with Crippen LogP contribution in [0, 0.1) is 0 Å². The SMILES string of the molecule is C=C(C)c1ccc(Cn2cc(CN)cn2)cn1. The zero-order valence-corrected chi connectivity index (χ0v) is 9.93. The highest BCUT2D eigenvalue weighted by molar-refractivity contribution is 5.57. The summed E-state index contributed by atoms with van der Waals surface area (Å²) in [5, 5.41) is 4.23. The van der Waals surface area contributed by atoms with Crippen LogP contribution in [0.3, 0.4) is 0 Å². The summed E-state index contributed by atoms with van der Waals surface area (Å²) in [6.45, 7) is 7.04. The first kappa shape index (κ1) is 11.5. The number of pyridine rings is 1. The predicted molar refractivity (Wildman–Crippen MR) is 68.2 cm³/mol. The fourth-order valence-corrected chi connectivity index (χ4v) is 1.56. The van der Waals surface area contributed by atoms with Crippen molar-refractivity contribution in [2.24, 2.45) is 5.73 Å².